The third-order valence-corrected chi connectivity index (χ3v) is 2.21. The van der Waals surface area contributed by atoms with Gasteiger partial charge in [-0.3, -0.25) is 0 Å². The number of unbranched alkanes of at least 4 members (excludes halogenated alkanes) is 1. The van der Waals surface area contributed by atoms with E-state index in [2.05, 4.69) is 33.1 Å². The number of rotatable bonds is 6. The van der Waals surface area contributed by atoms with Crippen molar-refractivity contribution in [3.63, 3.8) is 0 Å². The lowest BCUT2D eigenvalue weighted by molar-refractivity contribution is 0.582. The van der Waals surface area contributed by atoms with Crippen LogP contribution in [0, 0.1) is 5.92 Å². The maximum atomic E-state index is 4.05. The third kappa shape index (κ3) is 11.1. The highest BCUT2D eigenvalue weighted by Gasteiger charge is 2.02. The van der Waals surface area contributed by atoms with Gasteiger partial charge in [-0.1, -0.05) is 77.0 Å². The van der Waals surface area contributed by atoms with Crippen LogP contribution in [0.2, 0.25) is 0 Å². The summed E-state index contributed by atoms with van der Waals surface area (Å²) in [5.41, 5.74) is 2.31. The van der Waals surface area contributed by atoms with E-state index in [-0.39, 0.29) is 0 Å². The van der Waals surface area contributed by atoms with E-state index >= 15 is 0 Å². The molecule has 0 heteroatoms. The van der Waals surface area contributed by atoms with Gasteiger partial charge in [0.15, 0.2) is 0 Å². The van der Waals surface area contributed by atoms with Gasteiger partial charge in [0.05, 0.1) is 0 Å². The largest absolute Gasteiger partial charge is 0.0961 e. The van der Waals surface area contributed by atoms with Crippen molar-refractivity contribution in [1.82, 2.24) is 0 Å². The lowest BCUT2D eigenvalue weighted by Gasteiger charge is -2.10. The van der Waals surface area contributed by atoms with E-state index in [4.69, 9.17) is 0 Å². The Kier molecular flexibility index (Phi) is 12.5. The molecule has 0 heterocycles. The molecule has 0 amide bonds. The Hall–Kier alpha value is -0.780. The normalized spacial score (nSPS) is 11.8. The zero-order chi connectivity index (χ0) is 12.3. The van der Waals surface area contributed by atoms with Gasteiger partial charge in [0.2, 0.25) is 0 Å². The van der Waals surface area contributed by atoms with Crippen molar-refractivity contribution < 1.29 is 0 Å². The minimum absolute atomic E-state index is 0.607. The summed E-state index contributed by atoms with van der Waals surface area (Å²) in [6.07, 6.45) is 7.92. The molecule has 0 aliphatic carbocycles. The summed E-state index contributed by atoms with van der Waals surface area (Å²) in [6, 6.07) is 0. The van der Waals surface area contributed by atoms with Crippen LogP contribution in [0.25, 0.3) is 0 Å². The molecule has 1 atom stereocenters. The molecule has 0 aromatic rings. The number of hydrogen-bond acceptors (Lipinski definition) is 0. The van der Waals surface area contributed by atoms with Gasteiger partial charge in [-0.05, 0) is 19.3 Å². The van der Waals surface area contributed by atoms with E-state index in [1.54, 1.807) is 0 Å². The smallest absolute Gasteiger partial charge is 0.0196 e. The Morgan fingerprint density at radius 3 is 2.13 bits per heavy atom. The van der Waals surface area contributed by atoms with Crippen LogP contribution in [-0.4, -0.2) is 0 Å². The van der Waals surface area contributed by atoms with Crippen LogP contribution in [-0.2, 0) is 0 Å². The molecule has 0 spiro atoms. The molecule has 0 nitrogen and oxygen atoms in total. The fourth-order valence-corrected chi connectivity index (χ4v) is 1.11. The molecule has 88 valence electrons. The van der Waals surface area contributed by atoms with Crippen molar-refractivity contribution in [2.45, 2.75) is 53.9 Å². The second-order valence-electron chi connectivity index (χ2n) is 3.80. The van der Waals surface area contributed by atoms with Gasteiger partial charge >= 0.3 is 0 Å². The second kappa shape index (κ2) is 11.3. The predicted octanol–water partition coefficient (Wildman–Crippen LogP) is 5.53. The van der Waals surface area contributed by atoms with Gasteiger partial charge in [0.1, 0.15) is 0 Å². The molecule has 0 aliphatic rings. The van der Waals surface area contributed by atoms with Crippen LogP contribution in [0.4, 0.5) is 0 Å². The van der Waals surface area contributed by atoms with Crippen molar-refractivity contribution in [2.75, 3.05) is 0 Å². The molecule has 0 bridgehead atoms. The molecular weight excluding hydrogens is 180 g/mol. The van der Waals surface area contributed by atoms with Gasteiger partial charge in [0.25, 0.3) is 0 Å². The molecule has 0 aliphatic heterocycles. The number of allylic oxidation sites excluding steroid dienone is 4. The van der Waals surface area contributed by atoms with Gasteiger partial charge in [0, 0.05) is 0 Å². The summed E-state index contributed by atoms with van der Waals surface area (Å²) in [5.74, 6) is 0.607. The van der Waals surface area contributed by atoms with E-state index in [1.807, 2.05) is 26.8 Å². The molecule has 15 heavy (non-hydrogen) atoms. The molecule has 0 fully saturated rings. The fourth-order valence-electron chi connectivity index (χ4n) is 1.11. The fraction of sp³-hybridized carbons (Fsp3) is 0.600. The molecule has 1 unspecified atom stereocenters. The minimum Gasteiger partial charge on any atom is -0.0961 e. The highest BCUT2D eigenvalue weighted by Crippen LogP contribution is 2.17. The first-order chi connectivity index (χ1) is 7.07. The summed E-state index contributed by atoms with van der Waals surface area (Å²) in [5, 5.41) is 0. The highest BCUT2D eigenvalue weighted by molar-refractivity contribution is 5.24. The van der Waals surface area contributed by atoms with E-state index in [1.165, 1.54) is 24.8 Å². The molecule has 0 rings (SSSR count). The maximum Gasteiger partial charge on any atom is -0.0196 e. The second-order valence-corrected chi connectivity index (χ2v) is 3.80. The van der Waals surface area contributed by atoms with Crippen molar-refractivity contribution in [1.29, 1.82) is 0 Å². The molecule has 0 saturated heterocycles. The zero-order valence-corrected chi connectivity index (χ0v) is 11.3. The Morgan fingerprint density at radius 2 is 1.73 bits per heavy atom. The summed E-state index contributed by atoms with van der Waals surface area (Å²) in [4.78, 5) is 0. The van der Waals surface area contributed by atoms with Crippen LogP contribution in [0.1, 0.15) is 53.9 Å². The monoisotopic (exact) mass is 208 g/mol. The first-order valence-corrected chi connectivity index (χ1v) is 6.10. The summed E-state index contributed by atoms with van der Waals surface area (Å²) in [7, 11) is 0. The predicted molar refractivity (Wildman–Crippen MR) is 73.1 cm³/mol. The average molecular weight is 208 g/mol. The maximum absolute atomic E-state index is 4.05. The topological polar surface area (TPSA) is 0 Å². The van der Waals surface area contributed by atoms with Crippen LogP contribution in [0.15, 0.2) is 36.5 Å². The van der Waals surface area contributed by atoms with E-state index in [9.17, 15) is 0 Å². The van der Waals surface area contributed by atoms with Gasteiger partial charge < -0.3 is 0 Å². The van der Waals surface area contributed by atoms with Crippen LogP contribution in [0.3, 0.4) is 0 Å². The van der Waals surface area contributed by atoms with Crippen LogP contribution >= 0.6 is 0 Å². The quantitative estimate of drug-likeness (QED) is 0.504. The molecule has 0 radical (unpaired) electrons. The van der Waals surface area contributed by atoms with Crippen molar-refractivity contribution in [2.24, 2.45) is 5.92 Å². The SMILES string of the molecule is C=C(C)/C=C\C(=C)C(C)CCCC.CC. The molecule has 0 saturated carbocycles. The number of hydrogen-bond donors (Lipinski definition) is 0. The summed E-state index contributed by atoms with van der Waals surface area (Å²) >= 11 is 0. The van der Waals surface area contributed by atoms with Crippen molar-refractivity contribution >= 4 is 0 Å². The summed E-state index contributed by atoms with van der Waals surface area (Å²) < 4.78 is 0. The zero-order valence-electron chi connectivity index (χ0n) is 11.3. The highest BCUT2D eigenvalue weighted by atomic mass is 14.1. The van der Waals surface area contributed by atoms with Gasteiger partial charge in [-0.15, -0.1) is 0 Å². The molecule has 0 N–H and O–H groups in total. The Balaban J connectivity index is 0. The standard InChI is InChI=1S/C13H22.C2H6/c1-6-7-8-12(4)13(5)10-9-11(2)3;1-2/h9-10,12H,2,5-8H2,1,3-4H3;1-2H3/b10-9-;. The lowest BCUT2D eigenvalue weighted by Crippen LogP contribution is -1.95. The van der Waals surface area contributed by atoms with Gasteiger partial charge in [-0.2, -0.15) is 0 Å². The Morgan fingerprint density at radius 1 is 1.20 bits per heavy atom. The van der Waals surface area contributed by atoms with E-state index in [0.717, 1.165) is 5.57 Å². The lowest BCUT2D eigenvalue weighted by atomic mass is 9.96. The Bertz CT molecular complexity index is 196. The summed E-state index contributed by atoms with van der Waals surface area (Å²) in [6.45, 7) is 18.3. The van der Waals surface area contributed by atoms with Crippen LogP contribution < -0.4 is 0 Å². The third-order valence-electron chi connectivity index (χ3n) is 2.21. The first kappa shape index (κ1) is 16.6. The van der Waals surface area contributed by atoms with E-state index < -0.39 is 0 Å². The first-order valence-electron chi connectivity index (χ1n) is 6.10. The van der Waals surface area contributed by atoms with Crippen LogP contribution in [0.5, 0.6) is 0 Å². The van der Waals surface area contributed by atoms with Crippen molar-refractivity contribution in [3.05, 3.63) is 36.5 Å². The minimum atomic E-state index is 0.607. The molecular formula is C15H28. The Labute approximate surface area is 96.8 Å². The molecule has 0 aromatic heterocycles. The molecule has 0 aromatic carbocycles. The average Bonchev–Trinajstić information content (AvgIpc) is 2.25. The van der Waals surface area contributed by atoms with Gasteiger partial charge in [-0.25, -0.2) is 0 Å². The van der Waals surface area contributed by atoms with E-state index in [0.29, 0.717) is 5.92 Å². The van der Waals surface area contributed by atoms with Crippen molar-refractivity contribution in [3.8, 4) is 0 Å².